The molecule has 1 saturated heterocycles. The van der Waals surface area contributed by atoms with Gasteiger partial charge in [-0.05, 0) is 67.5 Å². The quantitative estimate of drug-likeness (QED) is 0.335. The van der Waals surface area contributed by atoms with E-state index in [1.54, 1.807) is 21.3 Å². The molecule has 1 fully saturated rings. The number of nitrogens with one attached hydrogen (secondary N) is 1. The van der Waals surface area contributed by atoms with Crippen LogP contribution in [0.15, 0.2) is 30.3 Å². The monoisotopic (exact) mass is 566 g/mol. The zero-order valence-corrected chi connectivity index (χ0v) is 24.9. The number of methoxy groups -OCH3 is 3. The Labute approximate surface area is 237 Å². The number of hydrogen-bond acceptors (Lipinski definition) is 4. The Kier molecular flexibility index (Phi) is 10.1. The maximum absolute atomic E-state index is 12.2. The highest BCUT2D eigenvalue weighted by molar-refractivity contribution is 6.42. The van der Waals surface area contributed by atoms with E-state index in [1.807, 2.05) is 24.3 Å². The van der Waals surface area contributed by atoms with Crippen LogP contribution in [0.1, 0.15) is 44.7 Å². The summed E-state index contributed by atoms with van der Waals surface area (Å²) in [5, 5.41) is 4.27. The molecule has 1 heterocycles. The van der Waals surface area contributed by atoms with Gasteiger partial charge in [0.15, 0.2) is 11.5 Å². The Morgan fingerprint density at radius 2 is 1.66 bits per heavy atom. The number of nitrogens with two attached hydrogens (primary N) is 1. The van der Waals surface area contributed by atoms with Gasteiger partial charge in [-0.15, -0.1) is 0 Å². The van der Waals surface area contributed by atoms with Crippen LogP contribution in [0, 0.1) is 5.92 Å². The molecule has 2 amide bonds. The fourth-order valence-corrected chi connectivity index (χ4v) is 5.99. The second-order valence-electron chi connectivity index (χ2n) is 10.9. The van der Waals surface area contributed by atoms with Gasteiger partial charge in [0.25, 0.3) is 0 Å². The van der Waals surface area contributed by atoms with Crippen molar-refractivity contribution in [2.75, 3.05) is 47.5 Å². The minimum atomic E-state index is -0.528. The maximum Gasteiger partial charge on any atom is 0.312 e. The van der Waals surface area contributed by atoms with E-state index in [0.717, 1.165) is 55.5 Å². The molecule has 1 aliphatic rings. The lowest BCUT2D eigenvalue weighted by atomic mass is 9.76. The maximum atomic E-state index is 12.2. The summed E-state index contributed by atoms with van der Waals surface area (Å²) in [5.74, 6) is 2.27. The number of likely N-dealkylation sites (N-methyl/N-ethyl adjacent to an activating group) is 1. The molecule has 0 saturated carbocycles. The Balaban J connectivity index is 1.83. The Hall–Kier alpha value is -2.35. The first-order chi connectivity index (χ1) is 18.0. The highest BCUT2D eigenvalue weighted by Gasteiger charge is 2.42. The van der Waals surface area contributed by atoms with Crippen LogP contribution in [0.3, 0.4) is 0 Å². The molecular formula is C29H42Cl2N3O4+. The number of carbonyl (C=O) groups excluding carboxylic acids is 1. The van der Waals surface area contributed by atoms with Gasteiger partial charge in [-0.3, -0.25) is 0 Å². The number of rotatable bonds is 11. The van der Waals surface area contributed by atoms with Crippen LogP contribution >= 0.6 is 23.2 Å². The first-order valence-corrected chi connectivity index (χ1v) is 13.9. The van der Waals surface area contributed by atoms with Crippen molar-refractivity contribution in [1.82, 2.24) is 5.32 Å². The molecule has 1 aliphatic heterocycles. The lowest BCUT2D eigenvalue weighted by Crippen LogP contribution is -2.63. The molecule has 0 bridgehead atoms. The number of urea groups is 1. The summed E-state index contributed by atoms with van der Waals surface area (Å²) in [6.07, 6.45) is 3.18. The third kappa shape index (κ3) is 6.80. The third-order valence-electron chi connectivity index (χ3n) is 8.37. The highest BCUT2D eigenvalue weighted by Crippen LogP contribution is 2.43. The van der Waals surface area contributed by atoms with Gasteiger partial charge in [0, 0.05) is 5.41 Å². The summed E-state index contributed by atoms with van der Waals surface area (Å²) in [7, 11) is 4.79. The normalized spacial score (nSPS) is 20.5. The average Bonchev–Trinajstić information content (AvgIpc) is 2.90. The topological polar surface area (TPSA) is 82.8 Å². The van der Waals surface area contributed by atoms with Crippen molar-refractivity contribution in [3.05, 3.63) is 51.5 Å². The highest BCUT2D eigenvalue weighted by atomic mass is 35.5. The van der Waals surface area contributed by atoms with Crippen molar-refractivity contribution in [3.8, 4) is 17.2 Å². The van der Waals surface area contributed by atoms with E-state index in [2.05, 4.69) is 32.2 Å². The molecular weight excluding hydrogens is 525 g/mol. The number of nitrogens with zero attached hydrogens (tertiary/aromatic N) is 1. The lowest BCUT2D eigenvalue weighted by molar-refractivity contribution is -0.933. The zero-order valence-electron chi connectivity index (χ0n) is 23.4. The molecule has 0 aliphatic carbocycles. The van der Waals surface area contributed by atoms with Gasteiger partial charge in [-0.25, -0.2) is 4.79 Å². The van der Waals surface area contributed by atoms with Crippen LogP contribution in [0.4, 0.5) is 4.79 Å². The molecule has 1 unspecified atom stereocenters. The van der Waals surface area contributed by atoms with Gasteiger partial charge < -0.3 is 29.7 Å². The fraction of sp³-hybridized carbons (Fsp3) is 0.552. The summed E-state index contributed by atoms with van der Waals surface area (Å²) in [4.78, 5) is 12.2. The number of carbonyl (C=O) groups is 1. The van der Waals surface area contributed by atoms with E-state index in [1.165, 1.54) is 5.56 Å². The predicted molar refractivity (Wildman–Crippen MR) is 154 cm³/mol. The summed E-state index contributed by atoms with van der Waals surface area (Å²) in [5.41, 5.74) is 7.41. The number of benzene rings is 2. The molecule has 3 N–H and O–H groups in total. The van der Waals surface area contributed by atoms with Crippen LogP contribution in [0.5, 0.6) is 17.2 Å². The second-order valence-corrected chi connectivity index (χ2v) is 11.7. The number of halogens is 2. The van der Waals surface area contributed by atoms with Crippen molar-refractivity contribution in [3.63, 3.8) is 0 Å². The molecule has 210 valence electrons. The summed E-state index contributed by atoms with van der Waals surface area (Å²) in [6, 6.07) is 9.09. The Morgan fingerprint density at radius 3 is 2.13 bits per heavy atom. The molecule has 7 nitrogen and oxygen atoms in total. The third-order valence-corrected chi connectivity index (χ3v) is 9.11. The lowest BCUT2D eigenvalue weighted by Gasteiger charge is -2.48. The van der Waals surface area contributed by atoms with Gasteiger partial charge in [0.1, 0.15) is 6.54 Å². The number of quaternary nitrogens is 1. The minimum Gasteiger partial charge on any atom is -0.493 e. The van der Waals surface area contributed by atoms with E-state index in [4.69, 9.17) is 43.1 Å². The SMILES string of the molecule is CC[N+]1(CC(NC(N)=O)C(C)(C)c2cc(OC)c(OC)c(OC)c2)CCC(Cc2ccc(Cl)c(Cl)c2)CC1. The van der Waals surface area contributed by atoms with E-state index >= 15 is 0 Å². The number of piperidine rings is 1. The summed E-state index contributed by atoms with van der Waals surface area (Å²) < 4.78 is 17.6. The van der Waals surface area contributed by atoms with Gasteiger partial charge in [0.2, 0.25) is 5.75 Å². The van der Waals surface area contributed by atoms with Crippen molar-refractivity contribution in [2.24, 2.45) is 11.7 Å². The van der Waals surface area contributed by atoms with E-state index in [-0.39, 0.29) is 6.04 Å². The summed E-state index contributed by atoms with van der Waals surface area (Å²) >= 11 is 12.3. The van der Waals surface area contributed by atoms with Gasteiger partial charge in [0.05, 0.1) is 57.1 Å². The van der Waals surface area contributed by atoms with Gasteiger partial charge >= 0.3 is 6.03 Å². The first kappa shape index (κ1) is 30.2. The molecule has 2 aromatic carbocycles. The van der Waals surface area contributed by atoms with Gasteiger partial charge in [-0.2, -0.15) is 0 Å². The van der Waals surface area contributed by atoms with Crippen molar-refractivity contribution < 1.29 is 23.5 Å². The number of amides is 2. The van der Waals surface area contributed by atoms with Crippen LogP contribution in [0.2, 0.25) is 10.0 Å². The molecule has 0 aromatic heterocycles. The van der Waals surface area contributed by atoms with Crippen LogP contribution in [-0.2, 0) is 11.8 Å². The fourth-order valence-electron chi connectivity index (χ4n) is 5.67. The largest absolute Gasteiger partial charge is 0.493 e. The molecule has 38 heavy (non-hydrogen) atoms. The van der Waals surface area contributed by atoms with E-state index < -0.39 is 11.4 Å². The number of likely N-dealkylation sites (tertiary alicyclic amines) is 1. The molecule has 1 atom stereocenters. The second kappa shape index (κ2) is 12.7. The molecule has 0 radical (unpaired) electrons. The molecule has 3 rings (SSSR count). The average molecular weight is 568 g/mol. The number of hydrogen-bond donors (Lipinski definition) is 2. The molecule has 9 heteroatoms. The van der Waals surface area contributed by atoms with Crippen LogP contribution in [0.25, 0.3) is 0 Å². The summed E-state index contributed by atoms with van der Waals surface area (Å²) in [6.45, 7) is 10.3. The van der Waals surface area contributed by atoms with Crippen molar-refractivity contribution >= 4 is 29.2 Å². The van der Waals surface area contributed by atoms with E-state index in [9.17, 15) is 4.79 Å². The minimum absolute atomic E-state index is 0.214. The molecule has 2 aromatic rings. The van der Waals surface area contributed by atoms with Crippen LogP contribution < -0.4 is 25.3 Å². The van der Waals surface area contributed by atoms with Gasteiger partial charge in [-0.1, -0.05) is 43.1 Å². The Morgan fingerprint density at radius 1 is 1.05 bits per heavy atom. The smallest absolute Gasteiger partial charge is 0.312 e. The number of primary amides is 1. The van der Waals surface area contributed by atoms with Crippen molar-refractivity contribution in [1.29, 1.82) is 0 Å². The number of ether oxygens (including phenoxy) is 3. The zero-order chi connectivity index (χ0) is 28.1. The Bertz CT molecular complexity index is 1090. The first-order valence-electron chi connectivity index (χ1n) is 13.1. The van der Waals surface area contributed by atoms with Crippen molar-refractivity contribution in [2.45, 2.75) is 51.5 Å². The molecule has 0 spiro atoms. The van der Waals surface area contributed by atoms with Crippen LogP contribution in [-0.4, -0.2) is 64.1 Å². The standard InChI is InChI=1S/C29H41Cl2N3O4/c1-7-34(12-10-19(11-13-34)14-20-8-9-22(30)23(31)15-20)18-26(33-28(32)35)29(2,3)21-16-24(36-4)27(38-6)25(17-21)37-5/h8-9,15-17,19,26H,7,10-14,18H2,1-6H3,(H2-,32,33,35)/p+1. The predicted octanol–water partition coefficient (Wildman–Crippen LogP) is 5.82. The van der Waals surface area contributed by atoms with E-state index in [0.29, 0.717) is 33.2 Å².